The lowest BCUT2D eigenvalue weighted by molar-refractivity contribution is -0.133. The van der Waals surface area contributed by atoms with Crippen molar-refractivity contribution in [2.75, 3.05) is 25.2 Å². The van der Waals surface area contributed by atoms with E-state index in [0.717, 1.165) is 11.3 Å². The first-order valence-corrected chi connectivity index (χ1v) is 7.89. The van der Waals surface area contributed by atoms with Gasteiger partial charge in [0.15, 0.2) is 0 Å². The third-order valence-corrected chi connectivity index (χ3v) is 3.90. The molecule has 0 aliphatic heterocycles. The minimum absolute atomic E-state index is 0.0377. The van der Waals surface area contributed by atoms with E-state index in [1.165, 1.54) is 11.8 Å². The minimum atomic E-state index is -0.837. The standard InChI is InChI=1S/C15H21NO4S/c1-11(12-5-3-4-6-13(12)20-2)9-14(17)16-7-8-21-10-15(18)19/h3-6,11H,7-10H2,1-2H3,(H,16,17)(H,18,19). The van der Waals surface area contributed by atoms with E-state index in [9.17, 15) is 9.59 Å². The van der Waals surface area contributed by atoms with Gasteiger partial charge in [0.1, 0.15) is 5.75 Å². The number of carboxylic acids is 1. The number of thioether (sulfide) groups is 1. The number of methoxy groups -OCH3 is 1. The number of hydrogen-bond donors (Lipinski definition) is 2. The molecule has 0 aliphatic carbocycles. The van der Waals surface area contributed by atoms with Crippen molar-refractivity contribution in [2.24, 2.45) is 0 Å². The molecule has 21 heavy (non-hydrogen) atoms. The van der Waals surface area contributed by atoms with Gasteiger partial charge in [-0.25, -0.2) is 0 Å². The molecule has 0 aliphatic rings. The minimum Gasteiger partial charge on any atom is -0.496 e. The molecule has 1 amide bonds. The zero-order chi connectivity index (χ0) is 15.7. The molecule has 116 valence electrons. The van der Waals surface area contributed by atoms with E-state index in [0.29, 0.717) is 18.7 Å². The number of nitrogens with one attached hydrogen (secondary N) is 1. The highest BCUT2D eigenvalue weighted by Gasteiger charge is 2.14. The van der Waals surface area contributed by atoms with Crippen molar-refractivity contribution in [1.82, 2.24) is 5.32 Å². The molecule has 6 heteroatoms. The van der Waals surface area contributed by atoms with E-state index in [-0.39, 0.29) is 17.6 Å². The van der Waals surface area contributed by atoms with Crippen LogP contribution in [-0.2, 0) is 9.59 Å². The number of amides is 1. The van der Waals surface area contributed by atoms with Crippen LogP contribution in [0.25, 0.3) is 0 Å². The Morgan fingerprint density at radius 1 is 1.38 bits per heavy atom. The van der Waals surface area contributed by atoms with Crippen LogP contribution in [0.15, 0.2) is 24.3 Å². The van der Waals surface area contributed by atoms with Crippen molar-refractivity contribution in [3.63, 3.8) is 0 Å². The number of benzene rings is 1. The maximum atomic E-state index is 11.8. The molecule has 0 bridgehead atoms. The van der Waals surface area contributed by atoms with Gasteiger partial charge in [0, 0.05) is 18.7 Å². The van der Waals surface area contributed by atoms with Gasteiger partial charge in [-0.3, -0.25) is 9.59 Å². The molecule has 1 atom stereocenters. The van der Waals surface area contributed by atoms with Gasteiger partial charge in [-0.2, -0.15) is 0 Å². The van der Waals surface area contributed by atoms with Crippen molar-refractivity contribution in [1.29, 1.82) is 0 Å². The number of ether oxygens (including phenoxy) is 1. The Labute approximate surface area is 129 Å². The van der Waals surface area contributed by atoms with Gasteiger partial charge in [0.25, 0.3) is 0 Å². The number of rotatable bonds is 9. The lowest BCUT2D eigenvalue weighted by Crippen LogP contribution is -2.27. The third kappa shape index (κ3) is 6.53. The van der Waals surface area contributed by atoms with Crippen molar-refractivity contribution in [2.45, 2.75) is 19.3 Å². The summed E-state index contributed by atoms with van der Waals surface area (Å²) in [6, 6.07) is 7.66. The summed E-state index contributed by atoms with van der Waals surface area (Å²) in [7, 11) is 1.62. The Balaban J connectivity index is 2.35. The number of para-hydroxylation sites is 1. The van der Waals surface area contributed by atoms with E-state index < -0.39 is 5.97 Å². The summed E-state index contributed by atoms with van der Waals surface area (Å²) in [5.41, 5.74) is 1.01. The first-order chi connectivity index (χ1) is 10.0. The molecular formula is C15H21NO4S. The molecule has 0 saturated heterocycles. The van der Waals surface area contributed by atoms with E-state index in [2.05, 4.69) is 5.32 Å². The van der Waals surface area contributed by atoms with E-state index in [1.54, 1.807) is 7.11 Å². The van der Waals surface area contributed by atoms with Gasteiger partial charge in [0.05, 0.1) is 12.9 Å². The Morgan fingerprint density at radius 2 is 2.10 bits per heavy atom. The fourth-order valence-electron chi connectivity index (χ4n) is 1.96. The van der Waals surface area contributed by atoms with Crippen LogP contribution in [-0.4, -0.2) is 42.1 Å². The van der Waals surface area contributed by atoms with E-state index in [1.807, 2.05) is 31.2 Å². The topological polar surface area (TPSA) is 75.6 Å². The Hall–Kier alpha value is -1.69. The van der Waals surface area contributed by atoms with Crippen LogP contribution in [0.5, 0.6) is 5.75 Å². The van der Waals surface area contributed by atoms with Crippen LogP contribution in [0.4, 0.5) is 0 Å². The second-order valence-electron chi connectivity index (χ2n) is 4.64. The van der Waals surface area contributed by atoms with Crippen LogP contribution < -0.4 is 10.1 Å². The number of aliphatic carboxylic acids is 1. The van der Waals surface area contributed by atoms with Crippen LogP contribution >= 0.6 is 11.8 Å². The molecule has 0 aromatic heterocycles. The fourth-order valence-corrected chi connectivity index (χ4v) is 2.52. The molecular weight excluding hydrogens is 290 g/mol. The quantitative estimate of drug-likeness (QED) is 0.683. The second-order valence-corrected chi connectivity index (χ2v) is 5.75. The van der Waals surface area contributed by atoms with Gasteiger partial charge >= 0.3 is 5.97 Å². The second kappa shape index (κ2) is 9.28. The molecule has 0 radical (unpaired) electrons. The summed E-state index contributed by atoms with van der Waals surface area (Å²) in [5, 5.41) is 11.3. The number of carbonyl (C=O) groups is 2. The largest absolute Gasteiger partial charge is 0.496 e. The highest BCUT2D eigenvalue weighted by Crippen LogP contribution is 2.28. The van der Waals surface area contributed by atoms with Crippen molar-refractivity contribution in [3.05, 3.63) is 29.8 Å². The SMILES string of the molecule is COc1ccccc1C(C)CC(=O)NCCSCC(=O)O. The van der Waals surface area contributed by atoms with Crippen LogP contribution in [0.2, 0.25) is 0 Å². The first-order valence-electron chi connectivity index (χ1n) is 6.73. The van der Waals surface area contributed by atoms with E-state index >= 15 is 0 Å². The first kappa shape index (κ1) is 17.4. The average molecular weight is 311 g/mol. The molecule has 2 N–H and O–H groups in total. The summed E-state index contributed by atoms with van der Waals surface area (Å²) >= 11 is 1.29. The molecule has 1 aromatic rings. The summed E-state index contributed by atoms with van der Waals surface area (Å²) < 4.78 is 5.29. The molecule has 5 nitrogen and oxygen atoms in total. The maximum Gasteiger partial charge on any atom is 0.313 e. The smallest absolute Gasteiger partial charge is 0.313 e. The van der Waals surface area contributed by atoms with Crippen LogP contribution in [0.1, 0.15) is 24.8 Å². The predicted octanol–water partition coefficient (Wildman–Crippen LogP) is 2.12. The number of carbonyl (C=O) groups excluding carboxylic acids is 1. The summed E-state index contributed by atoms with van der Waals surface area (Å²) in [5.74, 6) is 0.636. The van der Waals surface area contributed by atoms with Gasteiger partial charge < -0.3 is 15.2 Å². The molecule has 0 heterocycles. The zero-order valence-electron chi connectivity index (χ0n) is 12.3. The highest BCUT2D eigenvalue weighted by atomic mass is 32.2. The molecule has 1 unspecified atom stereocenters. The van der Waals surface area contributed by atoms with Crippen LogP contribution in [0, 0.1) is 0 Å². The van der Waals surface area contributed by atoms with Crippen LogP contribution in [0.3, 0.4) is 0 Å². The van der Waals surface area contributed by atoms with Gasteiger partial charge in [-0.05, 0) is 17.5 Å². The monoisotopic (exact) mass is 311 g/mol. The maximum absolute atomic E-state index is 11.8. The summed E-state index contributed by atoms with van der Waals surface area (Å²) in [6.07, 6.45) is 0.379. The molecule has 0 fully saturated rings. The van der Waals surface area contributed by atoms with E-state index in [4.69, 9.17) is 9.84 Å². The van der Waals surface area contributed by atoms with Crippen molar-refractivity contribution >= 4 is 23.6 Å². The summed E-state index contributed by atoms with van der Waals surface area (Å²) in [6.45, 7) is 2.46. The number of hydrogen-bond acceptors (Lipinski definition) is 4. The fraction of sp³-hybridized carbons (Fsp3) is 0.467. The zero-order valence-corrected chi connectivity index (χ0v) is 13.1. The Bertz CT molecular complexity index is 478. The molecule has 1 aromatic carbocycles. The Kier molecular flexibility index (Phi) is 7.68. The molecule has 1 rings (SSSR count). The van der Waals surface area contributed by atoms with Gasteiger partial charge in [0.2, 0.25) is 5.91 Å². The Morgan fingerprint density at radius 3 is 2.76 bits per heavy atom. The lowest BCUT2D eigenvalue weighted by atomic mass is 9.96. The average Bonchev–Trinajstić information content (AvgIpc) is 2.46. The lowest BCUT2D eigenvalue weighted by Gasteiger charge is -2.15. The summed E-state index contributed by atoms with van der Waals surface area (Å²) in [4.78, 5) is 22.2. The predicted molar refractivity (Wildman–Crippen MR) is 84.0 cm³/mol. The van der Waals surface area contributed by atoms with Gasteiger partial charge in [-0.15, -0.1) is 11.8 Å². The highest BCUT2D eigenvalue weighted by molar-refractivity contribution is 7.99. The number of carboxylic acid groups (broad SMARTS) is 1. The molecule has 0 saturated carbocycles. The molecule has 0 spiro atoms. The van der Waals surface area contributed by atoms with Crippen molar-refractivity contribution in [3.8, 4) is 5.75 Å². The third-order valence-electron chi connectivity index (χ3n) is 2.96. The van der Waals surface area contributed by atoms with Crippen molar-refractivity contribution < 1.29 is 19.4 Å². The van der Waals surface area contributed by atoms with Gasteiger partial charge in [-0.1, -0.05) is 25.1 Å². The normalized spacial score (nSPS) is 11.7.